The third-order valence-corrected chi connectivity index (χ3v) is 4.37. The molecule has 0 unspecified atom stereocenters. The van der Waals surface area contributed by atoms with Crippen molar-refractivity contribution >= 4 is 28.2 Å². The van der Waals surface area contributed by atoms with E-state index < -0.39 is 0 Å². The molecule has 0 radical (unpaired) electrons. The number of anilines is 3. The van der Waals surface area contributed by atoms with Crippen molar-refractivity contribution in [3.05, 3.63) is 54.7 Å². The van der Waals surface area contributed by atoms with Crippen LogP contribution in [0.25, 0.3) is 11.0 Å². The van der Waals surface area contributed by atoms with Gasteiger partial charge >= 0.3 is 0 Å². The lowest BCUT2D eigenvalue weighted by molar-refractivity contribution is -0.00521. The molecule has 25 heavy (non-hydrogen) atoms. The minimum absolute atomic E-state index is 0.259. The second-order valence-corrected chi connectivity index (χ2v) is 6.58. The minimum atomic E-state index is 0.259. The van der Waals surface area contributed by atoms with Gasteiger partial charge in [0.2, 0.25) is 0 Å². The maximum Gasteiger partial charge on any atom is 0.149 e. The minimum Gasteiger partial charge on any atom is -0.372 e. The summed E-state index contributed by atoms with van der Waals surface area (Å²) in [6, 6.07) is 16.3. The van der Waals surface area contributed by atoms with Crippen LogP contribution in [-0.2, 0) is 4.74 Å². The topological polar surface area (TPSA) is 50.3 Å². The highest BCUT2D eigenvalue weighted by atomic mass is 16.5. The van der Waals surface area contributed by atoms with Crippen molar-refractivity contribution in [3.63, 3.8) is 0 Å². The van der Waals surface area contributed by atoms with Crippen molar-refractivity contribution in [2.24, 2.45) is 0 Å². The van der Waals surface area contributed by atoms with Gasteiger partial charge in [-0.05, 0) is 50.2 Å². The van der Waals surface area contributed by atoms with Gasteiger partial charge in [0.05, 0.1) is 29.4 Å². The predicted octanol–water partition coefficient (Wildman–Crippen LogP) is 3.99. The molecule has 1 aromatic heterocycles. The van der Waals surface area contributed by atoms with Crippen LogP contribution in [0.4, 0.5) is 17.2 Å². The Balaban J connectivity index is 1.49. The summed E-state index contributed by atoms with van der Waals surface area (Å²) >= 11 is 0. The first kappa shape index (κ1) is 15.8. The Morgan fingerprint density at radius 3 is 2.36 bits per heavy atom. The van der Waals surface area contributed by atoms with Crippen LogP contribution in [0.1, 0.15) is 13.8 Å². The fraction of sp³-hybridized carbons (Fsp3) is 0.300. The van der Waals surface area contributed by atoms with Gasteiger partial charge in [0.1, 0.15) is 5.82 Å². The quantitative estimate of drug-likeness (QED) is 0.785. The molecule has 1 fully saturated rings. The molecule has 1 aliphatic rings. The lowest BCUT2D eigenvalue weighted by Crippen LogP contribution is -2.45. The van der Waals surface area contributed by atoms with E-state index in [0.29, 0.717) is 0 Å². The average molecular weight is 334 g/mol. The average Bonchev–Trinajstić information content (AvgIpc) is 2.61. The highest BCUT2D eigenvalue weighted by Crippen LogP contribution is 2.24. The van der Waals surface area contributed by atoms with Gasteiger partial charge in [-0.2, -0.15) is 0 Å². The monoisotopic (exact) mass is 334 g/mol. The SMILES string of the molecule is C[C@H]1CN(c2ccc(Nc3cnc4ccccc4n3)cc2)C[C@H](C)O1. The molecule has 0 aliphatic carbocycles. The van der Waals surface area contributed by atoms with Crippen molar-refractivity contribution in [3.8, 4) is 0 Å². The summed E-state index contributed by atoms with van der Waals surface area (Å²) in [6.45, 7) is 6.09. The number of fused-ring (bicyclic) bond motifs is 1. The van der Waals surface area contributed by atoms with E-state index in [1.165, 1.54) is 5.69 Å². The molecule has 128 valence electrons. The second-order valence-electron chi connectivity index (χ2n) is 6.58. The zero-order chi connectivity index (χ0) is 17.2. The van der Waals surface area contributed by atoms with Gasteiger partial charge in [-0.3, -0.25) is 4.98 Å². The van der Waals surface area contributed by atoms with Gasteiger partial charge in [0.25, 0.3) is 0 Å². The van der Waals surface area contributed by atoms with Crippen LogP contribution in [0.3, 0.4) is 0 Å². The van der Waals surface area contributed by atoms with E-state index in [4.69, 9.17) is 4.74 Å². The number of aromatic nitrogens is 2. The molecule has 2 atom stereocenters. The predicted molar refractivity (Wildman–Crippen MR) is 101 cm³/mol. The van der Waals surface area contributed by atoms with Crippen LogP contribution in [-0.4, -0.2) is 35.3 Å². The Bertz CT molecular complexity index is 855. The summed E-state index contributed by atoms with van der Waals surface area (Å²) in [5.41, 5.74) is 4.01. The third-order valence-electron chi connectivity index (χ3n) is 4.37. The number of ether oxygens (including phenoxy) is 1. The zero-order valence-corrected chi connectivity index (χ0v) is 14.5. The second kappa shape index (κ2) is 6.69. The van der Waals surface area contributed by atoms with Gasteiger partial charge in [-0.15, -0.1) is 0 Å². The number of para-hydroxylation sites is 2. The number of morpholine rings is 1. The van der Waals surface area contributed by atoms with Gasteiger partial charge < -0.3 is 15.0 Å². The first-order valence-electron chi connectivity index (χ1n) is 8.67. The maximum absolute atomic E-state index is 5.81. The molecular weight excluding hydrogens is 312 g/mol. The molecule has 5 nitrogen and oxygen atoms in total. The molecule has 0 amide bonds. The molecule has 3 aromatic rings. The van der Waals surface area contributed by atoms with Gasteiger partial charge in [0, 0.05) is 24.5 Å². The largest absolute Gasteiger partial charge is 0.372 e. The Morgan fingerprint density at radius 2 is 1.64 bits per heavy atom. The number of benzene rings is 2. The molecular formula is C20H22N4O. The normalized spacial score (nSPS) is 20.6. The highest BCUT2D eigenvalue weighted by molar-refractivity contribution is 5.76. The summed E-state index contributed by atoms with van der Waals surface area (Å²) in [4.78, 5) is 11.4. The molecule has 0 bridgehead atoms. The number of hydrogen-bond donors (Lipinski definition) is 1. The van der Waals surface area contributed by atoms with Crippen LogP contribution >= 0.6 is 0 Å². The van der Waals surface area contributed by atoms with E-state index in [1.54, 1.807) is 6.20 Å². The van der Waals surface area contributed by atoms with Crippen molar-refractivity contribution in [1.82, 2.24) is 9.97 Å². The summed E-state index contributed by atoms with van der Waals surface area (Å²) in [5, 5.41) is 3.33. The van der Waals surface area contributed by atoms with Gasteiger partial charge in [-0.1, -0.05) is 12.1 Å². The van der Waals surface area contributed by atoms with Gasteiger partial charge in [0.15, 0.2) is 0 Å². The highest BCUT2D eigenvalue weighted by Gasteiger charge is 2.22. The molecule has 4 rings (SSSR count). The smallest absolute Gasteiger partial charge is 0.149 e. The molecule has 0 saturated carbocycles. The number of nitrogens with one attached hydrogen (secondary N) is 1. The van der Waals surface area contributed by atoms with Gasteiger partial charge in [-0.25, -0.2) is 4.98 Å². The standard InChI is InChI=1S/C20H22N4O/c1-14-12-24(13-15(2)25-14)17-9-7-16(8-10-17)22-20-11-21-18-5-3-4-6-19(18)23-20/h3-11,14-15H,12-13H2,1-2H3,(H,22,23)/t14-,15-/m0/s1. The summed E-state index contributed by atoms with van der Waals surface area (Å²) in [6.07, 6.45) is 2.28. The number of rotatable bonds is 3. The van der Waals surface area contributed by atoms with E-state index in [1.807, 2.05) is 24.3 Å². The first-order valence-corrected chi connectivity index (χ1v) is 8.67. The van der Waals surface area contributed by atoms with Crippen molar-refractivity contribution < 1.29 is 4.74 Å². The van der Waals surface area contributed by atoms with Crippen molar-refractivity contribution in [2.45, 2.75) is 26.1 Å². The number of hydrogen-bond acceptors (Lipinski definition) is 5. The van der Waals surface area contributed by atoms with Crippen LogP contribution < -0.4 is 10.2 Å². The van der Waals surface area contributed by atoms with Crippen molar-refractivity contribution in [1.29, 1.82) is 0 Å². The Hall–Kier alpha value is -2.66. The summed E-state index contributed by atoms with van der Waals surface area (Å²) in [7, 11) is 0. The molecule has 5 heteroatoms. The van der Waals surface area contributed by atoms with E-state index in [9.17, 15) is 0 Å². The molecule has 1 N–H and O–H groups in total. The van der Waals surface area contributed by atoms with E-state index in [-0.39, 0.29) is 12.2 Å². The molecule has 0 spiro atoms. The fourth-order valence-corrected chi connectivity index (χ4v) is 3.31. The molecule has 2 heterocycles. The molecule has 1 aliphatic heterocycles. The lowest BCUT2D eigenvalue weighted by atomic mass is 10.2. The first-order chi connectivity index (χ1) is 12.2. The Kier molecular flexibility index (Phi) is 4.24. The maximum atomic E-state index is 5.81. The van der Waals surface area contributed by atoms with Crippen LogP contribution in [0.15, 0.2) is 54.7 Å². The molecule has 1 saturated heterocycles. The van der Waals surface area contributed by atoms with Crippen LogP contribution in [0.5, 0.6) is 0 Å². The lowest BCUT2D eigenvalue weighted by Gasteiger charge is -2.36. The van der Waals surface area contributed by atoms with E-state index in [2.05, 4.69) is 58.3 Å². The van der Waals surface area contributed by atoms with E-state index in [0.717, 1.165) is 35.6 Å². The Morgan fingerprint density at radius 1 is 0.960 bits per heavy atom. The summed E-state index contributed by atoms with van der Waals surface area (Å²) in [5.74, 6) is 0.750. The van der Waals surface area contributed by atoms with E-state index >= 15 is 0 Å². The molecule has 2 aromatic carbocycles. The number of nitrogens with zero attached hydrogens (tertiary/aromatic N) is 3. The third kappa shape index (κ3) is 3.56. The van der Waals surface area contributed by atoms with Crippen LogP contribution in [0.2, 0.25) is 0 Å². The van der Waals surface area contributed by atoms with Crippen molar-refractivity contribution in [2.75, 3.05) is 23.3 Å². The Labute approximate surface area is 147 Å². The van der Waals surface area contributed by atoms with Crippen LogP contribution in [0, 0.1) is 0 Å². The fourth-order valence-electron chi connectivity index (χ4n) is 3.31. The zero-order valence-electron chi connectivity index (χ0n) is 14.5. The summed E-state index contributed by atoms with van der Waals surface area (Å²) < 4.78 is 5.81.